The van der Waals surface area contributed by atoms with Gasteiger partial charge in [-0.15, -0.1) is 0 Å². The summed E-state index contributed by atoms with van der Waals surface area (Å²) in [6.07, 6.45) is 0.513. The fourth-order valence-electron chi connectivity index (χ4n) is 1.96. The number of halogens is 2. The summed E-state index contributed by atoms with van der Waals surface area (Å²) in [5, 5.41) is 7.59. The van der Waals surface area contributed by atoms with Crippen LogP contribution in [-0.4, -0.2) is 27.5 Å². The van der Waals surface area contributed by atoms with Gasteiger partial charge in [0, 0.05) is 12.6 Å². The van der Waals surface area contributed by atoms with Gasteiger partial charge in [-0.1, -0.05) is 23.7 Å². The summed E-state index contributed by atoms with van der Waals surface area (Å²) >= 11 is 5.62. The Kier molecular flexibility index (Phi) is 6.35. The maximum atomic E-state index is 13.0. The van der Waals surface area contributed by atoms with Crippen molar-refractivity contribution in [1.29, 1.82) is 0 Å². The zero-order valence-corrected chi connectivity index (χ0v) is 14.6. The molecule has 3 N–H and O–H groups in total. The largest absolute Gasteiger partial charge is 0.484 e. The third-order valence-corrected chi connectivity index (χ3v) is 4.47. The highest BCUT2D eigenvalue weighted by atomic mass is 35.5. The zero-order chi connectivity index (χ0) is 18.4. The molecule has 0 fully saturated rings. The third kappa shape index (κ3) is 6.00. The molecule has 0 atom stereocenters. The molecule has 0 radical (unpaired) electrons. The molecule has 0 saturated carbocycles. The average molecular weight is 387 g/mol. The minimum absolute atomic E-state index is 0.0339. The van der Waals surface area contributed by atoms with Gasteiger partial charge < -0.3 is 10.1 Å². The Labute approximate surface area is 149 Å². The van der Waals surface area contributed by atoms with Crippen molar-refractivity contribution in [2.75, 3.05) is 13.2 Å². The van der Waals surface area contributed by atoms with Crippen LogP contribution in [0.15, 0.2) is 47.4 Å². The fraction of sp³-hybridized carbons (Fsp3) is 0.188. The molecule has 2 aromatic carbocycles. The minimum Gasteiger partial charge on any atom is -0.484 e. The number of ether oxygens (including phenoxy) is 1. The number of hydrogen-bond donors (Lipinski definition) is 2. The Bertz CT molecular complexity index is 857. The van der Waals surface area contributed by atoms with Gasteiger partial charge in [-0.25, -0.2) is 17.9 Å². The minimum atomic E-state index is -3.71. The number of rotatable bonds is 7. The molecule has 0 aliphatic heterocycles. The van der Waals surface area contributed by atoms with E-state index in [4.69, 9.17) is 21.5 Å². The number of benzene rings is 2. The van der Waals surface area contributed by atoms with Gasteiger partial charge in [-0.05, 0) is 36.2 Å². The lowest BCUT2D eigenvalue weighted by atomic mass is 10.1. The molecule has 6 nitrogen and oxygen atoms in total. The summed E-state index contributed by atoms with van der Waals surface area (Å²) in [5.41, 5.74) is 0.846. The van der Waals surface area contributed by atoms with Crippen LogP contribution in [0, 0.1) is 5.82 Å². The van der Waals surface area contributed by atoms with Crippen LogP contribution in [0.2, 0.25) is 5.02 Å². The normalized spacial score (nSPS) is 11.2. The molecule has 134 valence electrons. The van der Waals surface area contributed by atoms with Crippen molar-refractivity contribution in [2.45, 2.75) is 11.3 Å². The standard InChI is InChI=1S/C16H16ClFN2O4S/c17-14-9-12(3-6-15(14)18)24-10-16(21)20-8-7-11-1-4-13(5-2-11)25(19,22)23/h1-6,9H,7-8,10H2,(H,20,21)(H2,19,22,23). The third-order valence-electron chi connectivity index (χ3n) is 3.25. The van der Waals surface area contributed by atoms with E-state index in [-0.39, 0.29) is 22.4 Å². The van der Waals surface area contributed by atoms with E-state index in [9.17, 15) is 17.6 Å². The monoisotopic (exact) mass is 386 g/mol. The van der Waals surface area contributed by atoms with E-state index in [2.05, 4.69) is 5.32 Å². The molecule has 0 spiro atoms. The number of carbonyl (C=O) groups excluding carboxylic acids is 1. The first-order chi connectivity index (χ1) is 11.8. The summed E-state index contributed by atoms with van der Waals surface area (Å²) in [7, 11) is -3.71. The smallest absolute Gasteiger partial charge is 0.257 e. The Morgan fingerprint density at radius 1 is 1.20 bits per heavy atom. The number of amides is 1. The van der Waals surface area contributed by atoms with Crippen molar-refractivity contribution >= 4 is 27.5 Å². The Morgan fingerprint density at radius 3 is 2.48 bits per heavy atom. The van der Waals surface area contributed by atoms with Crippen molar-refractivity contribution in [2.24, 2.45) is 5.14 Å². The number of hydrogen-bond acceptors (Lipinski definition) is 4. The quantitative estimate of drug-likeness (QED) is 0.758. The second-order valence-corrected chi connectivity index (χ2v) is 7.12. The molecule has 0 aliphatic carbocycles. The van der Waals surface area contributed by atoms with Gasteiger partial charge in [0.05, 0.1) is 9.92 Å². The van der Waals surface area contributed by atoms with Crippen LogP contribution >= 0.6 is 11.6 Å². The lowest BCUT2D eigenvalue weighted by molar-refractivity contribution is -0.123. The number of sulfonamides is 1. The van der Waals surface area contributed by atoms with E-state index >= 15 is 0 Å². The van der Waals surface area contributed by atoms with Crippen molar-refractivity contribution in [3.05, 3.63) is 58.9 Å². The summed E-state index contributed by atoms with van der Waals surface area (Å²) in [6.45, 7) is 0.118. The first-order valence-corrected chi connectivity index (χ1v) is 9.14. The molecule has 0 saturated heterocycles. The second-order valence-electron chi connectivity index (χ2n) is 5.15. The zero-order valence-electron chi connectivity index (χ0n) is 13.0. The summed E-state index contributed by atoms with van der Waals surface area (Å²) in [6, 6.07) is 9.90. The highest BCUT2D eigenvalue weighted by molar-refractivity contribution is 7.89. The van der Waals surface area contributed by atoms with E-state index in [0.29, 0.717) is 18.7 Å². The van der Waals surface area contributed by atoms with Gasteiger partial charge in [-0.3, -0.25) is 4.79 Å². The Hall–Kier alpha value is -2.16. The molecule has 9 heteroatoms. The first-order valence-electron chi connectivity index (χ1n) is 7.22. The summed E-state index contributed by atoms with van der Waals surface area (Å²) in [5.74, 6) is -0.617. The Balaban J connectivity index is 1.75. The molecular weight excluding hydrogens is 371 g/mol. The van der Waals surface area contributed by atoms with E-state index in [1.165, 1.54) is 24.3 Å². The Morgan fingerprint density at radius 2 is 1.88 bits per heavy atom. The van der Waals surface area contributed by atoms with Gasteiger partial charge in [0.2, 0.25) is 10.0 Å². The van der Waals surface area contributed by atoms with Crippen molar-refractivity contribution in [3.63, 3.8) is 0 Å². The number of carbonyl (C=O) groups is 1. The molecule has 0 aromatic heterocycles. The van der Waals surface area contributed by atoms with Crippen LogP contribution in [0.1, 0.15) is 5.56 Å². The van der Waals surface area contributed by atoms with Crippen molar-refractivity contribution in [1.82, 2.24) is 5.32 Å². The van der Waals surface area contributed by atoms with Gasteiger partial charge >= 0.3 is 0 Å². The van der Waals surface area contributed by atoms with Crippen LogP contribution in [0.5, 0.6) is 5.75 Å². The van der Waals surface area contributed by atoms with Gasteiger partial charge in [0.15, 0.2) is 6.61 Å². The summed E-state index contributed by atoms with van der Waals surface area (Å²) < 4.78 is 40.5. The van der Waals surface area contributed by atoms with E-state index in [1.54, 1.807) is 12.1 Å². The SMILES string of the molecule is NS(=O)(=O)c1ccc(CCNC(=O)COc2ccc(F)c(Cl)c2)cc1. The predicted octanol–water partition coefficient (Wildman–Crippen LogP) is 1.86. The number of nitrogens with two attached hydrogens (primary N) is 1. The van der Waals surface area contributed by atoms with Crippen LogP contribution in [0.3, 0.4) is 0 Å². The van der Waals surface area contributed by atoms with Crippen LogP contribution in [0.4, 0.5) is 4.39 Å². The number of primary sulfonamides is 1. The molecule has 25 heavy (non-hydrogen) atoms. The van der Waals surface area contributed by atoms with Crippen LogP contribution < -0.4 is 15.2 Å². The van der Waals surface area contributed by atoms with Crippen molar-refractivity contribution < 1.29 is 22.3 Å². The van der Waals surface area contributed by atoms with Crippen LogP contribution in [0.25, 0.3) is 0 Å². The first kappa shape index (κ1) is 19.2. The van der Waals surface area contributed by atoms with Gasteiger partial charge in [0.25, 0.3) is 5.91 Å². The molecule has 2 aromatic rings. The van der Waals surface area contributed by atoms with Gasteiger partial charge in [-0.2, -0.15) is 0 Å². The summed E-state index contributed by atoms with van der Waals surface area (Å²) in [4.78, 5) is 11.7. The molecular formula is C16H16ClFN2O4S. The lowest BCUT2D eigenvalue weighted by Gasteiger charge is -2.08. The van der Waals surface area contributed by atoms with E-state index in [0.717, 1.165) is 11.6 Å². The maximum absolute atomic E-state index is 13.0. The number of nitrogens with one attached hydrogen (secondary N) is 1. The molecule has 0 aliphatic rings. The van der Waals surface area contributed by atoms with E-state index < -0.39 is 15.8 Å². The maximum Gasteiger partial charge on any atom is 0.257 e. The average Bonchev–Trinajstić information content (AvgIpc) is 2.55. The molecule has 0 unspecified atom stereocenters. The van der Waals surface area contributed by atoms with E-state index in [1.807, 2.05) is 0 Å². The molecule has 1 amide bonds. The second kappa shape index (κ2) is 8.28. The predicted molar refractivity (Wildman–Crippen MR) is 91.4 cm³/mol. The lowest BCUT2D eigenvalue weighted by Crippen LogP contribution is -2.30. The topological polar surface area (TPSA) is 98.5 Å². The highest BCUT2D eigenvalue weighted by Gasteiger charge is 2.08. The highest BCUT2D eigenvalue weighted by Crippen LogP contribution is 2.20. The fourth-order valence-corrected chi connectivity index (χ4v) is 2.64. The van der Waals surface area contributed by atoms with Crippen LogP contribution in [-0.2, 0) is 21.2 Å². The van der Waals surface area contributed by atoms with Crippen molar-refractivity contribution in [3.8, 4) is 5.75 Å². The molecule has 0 bridgehead atoms. The molecule has 0 heterocycles. The van der Waals surface area contributed by atoms with Gasteiger partial charge in [0.1, 0.15) is 11.6 Å². The molecule has 2 rings (SSSR count).